The largest absolute Gasteiger partial charge is 0.450 e. The summed E-state index contributed by atoms with van der Waals surface area (Å²) in [5, 5.41) is 4.93. The molecule has 2 atom stereocenters. The topological polar surface area (TPSA) is 80.2 Å². The van der Waals surface area contributed by atoms with E-state index in [0.29, 0.717) is 44.2 Å². The first-order chi connectivity index (χ1) is 10.6. The Kier molecular flexibility index (Phi) is 2.41. The summed E-state index contributed by atoms with van der Waals surface area (Å²) in [6.45, 7) is 1.84. The van der Waals surface area contributed by atoms with Crippen LogP contribution in [0.5, 0.6) is 0 Å². The molecular formula is C14H11Cl2N5O. The zero-order valence-corrected chi connectivity index (χ0v) is 12.8. The predicted octanol–water partition coefficient (Wildman–Crippen LogP) is 2.43. The second kappa shape index (κ2) is 4.16. The molecule has 3 aromatic rings. The number of aromatic nitrogens is 2. The lowest BCUT2D eigenvalue weighted by Gasteiger charge is -2.56. The maximum atomic E-state index is 6.32. The van der Waals surface area contributed by atoms with Gasteiger partial charge in [-0.2, -0.15) is 4.98 Å². The summed E-state index contributed by atoms with van der Waals surface area (Å²) in [6.07, 6.45) is 0. The van der Waals surface area contributed by atoms with Gasteiger partial charge in [0.05, 0.1) is 21.5 Å². The Balaban J connectivity index is 1.82. The highest BCUT2D eigenvalue weighted by molar-refractivity contribution is 6.46. The van der Waals surface area contributed by atoms with Crippen molar-refractivity contribution >= 4 is 57.0 Å². The number of benzene rings is 1. The summed E-state index contributed by atoms with van der Waals surface area (Å²) >= 11 is 12.4. The number of hydrogen-bond donors (Lipinski definition) is 2. The van der Waals surface area contributed by atoms with E-state index in [9.17, 15) is 0 Å². The fourth-order valence-electron chi connectivity index (χ4n) is 3.22. The van der Waals surface area contributed by atoms with Crippen LogP contribution in [-0.4, -0.2) is 35.1 Å². The van der Waals surface area contributed by atoms with E-state index >= 15 is 0 Å². The smallest absolute Gasteiger partial charge is 0.222 e. The third-order valence-corrected chi connectivity index (χ3v) is 5.29. The molecule has 0 saturated carbocycles. The number of hydrogen-bond acceptors (Lipinski definition) is 6. The van der Waals surface area contributed by atoms with Gasteiger partial charge in [-0.05, 0) is 12.1 Å². The van der Waals surface area contributed by atoms with E-state index in [1.54, 1.807) is 12.1 Å². The molecule has 2 aliphatic rings. The van der Waals surface area contributed by atoms with Crippen LogP contribution in [0.4, 0.5) is 11.8 Å². The highest BCUT2D eigenvalue weighted by Crippen LogP contribution is 2.42. The Hall–Kier alpha value is -1.76. The number of fused-ring (bicyclic) bond motifs is 4. The zero-order valence-electron chi connectivity index (χ0n) is 11.3. The molecule has 22 heavy (non-hydrogen) atoms. The van der Waals surface area contributed by atoms with Crippen molar-refractivity contribution < 1.29 is 4.42 Å². The van der Waals surface area contributed by atoms with Gasteiger partial charge in [-0.3, -0.25) is 0 Å². The molecule has 2 aliphatic heterocycles. The average Bonchev–Trinajstić information content (AvgIpc) is 2.84. The summed E-state index contributed by atoms with van der Waals surface area (Å²) in [6, 6.07) is 4.48. The van der Waals surface area contributed by atoms with Gasteiger partial charge >= 0.3 is 0 Å². The van der Waals surface area contributed by atoms with E-state index < -0.39 is 0 Å². The van der Waals surface area contributed by atoms with Crippen molar-refractivity contribution in [3.05, 3.63) is 22.2 Å². The minimum atomic E-state index is 0.206. The SMILES string of the molecule is Nc1nc(N2CC3NCC32)c2oc3ccc(Cl)c(Cl)c3c2n1. The lowest BCUT2D eigenvalue weighted by atomic mass is 9.89. The van der Waals surface area contributed by atoms with Gasteiger partial charge in [-0.15, -0.1) is 0 Å². The van der Waals surface area contributed by atoms with E-state index in [1.165, 1.54) is 0 Å². The van der Waals surface area contributed by atoms with E-state index in [-0.39, 0.29) is 5.95 Å². The van der Waals surface area contributed by atoms with Crippen molar-refractivity contribution in [2.45, 2.75) is 12.1 Å². The Morgan fingerprint density at radius 2 is 2.18 bits per heavy atom. The molecule has 0 radical (unpaired) electrons. The molecule has 6 nitrogen and oxygen atoms in total. The van der Waals surface area contributed by atoms with Gasteiger partial charge < -0.3 is 20.4 Å². The van der Waals surface area contributed by atoms with Crippen molar-refractivity contribution in [1.82, 2.24) is 15.3 Å². The number of anilines is 2. The van der Waals surface area contributed by atoms with Gasteiger partial charge in [0, 0.05) is 19.1 Å². The van der Waals surface area contributed by atoms with Gasteiger partial charge in [0.15, 0.2) is 11.4 Å². The molecule has 1 aromatic carbocycles. The van der Waals surface area contributed by atoms with Crippen molar-refractivity contribution in [3.8, 4) is 0 Å². The average molecular weight is 336 g/mol. The van der Waals surface area contributed by atoms with Gasteiger partial charge in [0.25, 0.3) is 0 Å². The molecular weight excluding hydrogens is 325 g/mol. The van der Waals surface area contributed by atoms with E-state index in [4.69, 9.17) is 33.4 Å². The number of rotatable bonds is 1. The second-order valence-corrected chi connectivity index (χ2v) is 6.44. The summed E-state index contributed by atoms with van der Waals surface area (Å²) in [7, 11) is 0. The highest BCUT2D eigenvalue weighted by atomic mass is 35.5. The van der Waals surface area contributed by atoms with Crippen LogP contribution < -0.4 is 16.0 Å². The summed E-state index contributed by atoms with van der Waals surface area (Å²) in [4.78, 5) is 10.9. The van der Waals surface area contributed by atoms with E-state index in [0.717, 1.165) is 18.9 Å². The first-order valence-corrected chi connectivity index (χ1v) is 7.73. The molecule has 8 heteroatoms. The number of nitrogen functional groups attached to an aromatic ring is 1. The third kappa shape index (κ3) is 1.49. The Labute approximate surface area is 135 Å². The predicted molar refractivity (Wildman–Crippen MR) is 86.7 cm³/mol. The van der Waals surface area contributed by atoms with Crippen molar-refractivity contribution in [3.63, 3.8) is 0 Å². The number of halogens is 2. The van der Waals surface area contributed by atoms with Crippen LogP contribution in [-0.2, 0) is 0 Å². The summed E-state index contributed by atoms with van der Waals surface area (Å²) < 4.78 is 5.95. The summed E-state index contributed by atoms with van der Waals surface area (Å²) in [5.74, 6) is 0.936. The van der Waals surface area contributed by atoms with Crippen LogP contribution in [0.2, 0.25) is 10.0 Å². The van der Waals surface area contributed by atoms with Crippen molar-refractivity contribution in [2.24, 2.45) is 0 Å². The Morgan fingerprint density at radius 3 is 2.86 bits per heavy atom. The zero-order chi connectivity index (χ0) is 15.0. The van der Waals surface area contributed by atoms with Gasteiger partial charge in [-0.25, -0.2) is 4.98 Å². The van der Waals surface area contributed by atoms with Crippen molar-refractivity contribution in [2.75, 3.05) is 23.7 Å². The van der Waals surface area contributed by atoms with Crippen LogP contribution in [0.15, 0.2) is 16.5 Å². The lowest BCUT2D eigenvalue weighted by molar-refractivity contribution is 0.212. The van der Waals surface area contributed by atoms with Crippen molar-refractivity contribution in [1.29, 1.82) is 0 Å². The number of nitrogens with zero attached hydrogens (tertiary/aromatic N) is 3. The van der Waals surface area contributed by atoms with Gasteiger partial charge in [0.2, 0.25) is 5.95 Å². The first-order valence-electron chi connectivity index (χ1n) is 6.97. The van der Waals surface area contributed by atoms with Crippen LogP contribution >= 0.6 is 23.2 Å². The Morgan fingerprint density at radius 1 is 1.32 bits per heavy atom. The van der Waals surface area contributed by atoms with E-state index in [1.807, 2.05) is 0 Å². The van der Waals surface area contributed by atoms with Crippen LogP contribution in [0.25, 0.3) is 22.1 Å². The molecule has 0 amide bonds. The number of furan rings is 1. The quantitative estimate of drug-likeness (QED) is 0.710. The molecule has 2 aromatic heterocycles. The standard InChI is InChI=1S/C14H11Cl2N5O/c15-5-1-2-8-9(10(5)16)11-12(22-8)13(20-14(17)19-11)21-4-6-7(21)3-18-6/h1-2,6-7,18H,3-4H2,(H2,17,19,20). The fraction of sp³-hybridized carbons (Fsp3) is 0.286. The number of nitrogens with one attached hydrogen (secondary N) is 1. The number of nitrogens with two attached hydrogens (primary N) is 1. The number of piperazine rings is 1. The fourth-order valence-corrected chi connectivity index (χ4v) is 3.62. The highest BCUT2D eigenvalue weighted by Gasteiger charge is 2.47. The molecule has 2 unspecified atom stereocenters. The Bertz CT molecular complexity index is 940. The van der Waals surface area contributed by atoms with Gasteiger partial charge in [0.1, 0.15) is 11.1 Å². The molecule has 0 spiro atoms. The molecule has 0 bridgehead atoms. The molecule has 2 saturated heterocycles. The van der Waals surface area contributed by atoms with Crippen LogP contribution in [0, 0.1) is 0 Å². The van der Waals surface area contributed by atoms with Gasteiger partial charge in [-0.1, -0.05) is 23.2 Å². The lowest BCUT2D eigenvalue weighted by Crippen LogP contribution is -2.78. The van der Waals surface area contributed by atoms with Crippen LogP contribution in [0.1, 0.15) is 0 Å². The second-order valence-electron chi connectivity index (χ2n) is 5.65. The van der Waals surface area contributed by atoms with E-state index in [2.05, 4.69) is 20.2 Å². The molecule has 4 heterocycles. The minimum Gasteiger partial charge on any atom is -0.450 e. The normalized spacial score (nSPS) is 23.5. The molecule has 2 fully saturated rings. The molecule has 112 valence electrons. The monoisotopic (exact) mass is 335 g/mol. The minimum absolute atomic E-state index is 0.206. The van der Waals surface area contributed by atoms with Crippen LogP contribution in [0.3, 0.4) is 0 Å². The maximum Gasteiger partial charge on any atom is 0.222 e. The molecule has 3 N–H and O–H groups in total. The first kappa shape index (κ1) is 12.8. The molecule has 0 aliphatic carbocycles. The molecule has 5 rings (SSSR count). The third-order valence-electron chi connectivity index (χ3n) is 4.49. The maximum absolute atomic E-state index is 6.32. The summed E-state index contributed by atoms with van der Waals surface area (Å²) in [5.41, 5.74) is 7.75.